The molecular formula is C16H28IN3OS2. The van der Waals surface area contributed by atoms with Gasteiger partial charge < -0.3 is 10.6 Å². The lowest BCUT2D eigenvalue weighted by Crippen LogP contribution is -2.44. The molecule has 0 radical (unpaired) electrons. The van der Waals surface area contributed by atoms with Crippen LogP contribution in [0.4, 0.5) is 0 Å². The largest absolute Gasteiger partial charge is 0.355 e. The molecule has 2 N–H and O–H groups in total. The lowest BCUT2D eigenvalue weighted by molar-refractivity contribution is 0.664. The Balaban J connectivity index is 0.00000484. The van der Waals surface area contributed by atoms with Gasteiger partial charge in [0, 0.05) is 47.2 Å². The maximum absolute atomic E-state index is 12.1. The van der Waals surface area contributed by atoms with Crippen LogP contribution < -0.4 is 10.6 Å². The van der Waals surface area contributed by atoms with Crippen LogP contribution in [0.1, 0.15) is 19.4 Å². The molecule has 0 saturated heterocycles. The van der Waals surface area contributed by atoms with Crippen molar-refractivity contribution in [2.45, 2.75) is 24.3 Å². The van der Waals surface area contributed by atoms with E-state index in [1.807, 2.05) is 42.1 Å². The smallest absolute Gasteiger partial charge is 0.191 e. The van der Waals surface area contributed by atoms with Crippen molar-refractivity contribution in [1.29, 1.82) is 0 Å². The molecule has 0 amide bonds. The summed E-state index contributed by atoms with van der Waals surface area (Å²) >= 11 is 1.82. The molecule has 0 aromatic heterocycles. The van der Waals surface area contributed by atoms with Gasteiger partial charge in [0.1, 0.15) is 0 Å². The monoisotopic (exact) mass is 469 g/mol. The number of halogens is 1. The second-order valence-corrected chi connectivity index (χ2v) is 8.68. The summed E-state index contributed by atoms with van der Waals surface area (Å²) in [6.45, 7) is 5.86. The number of rotatable bonds is 8. The van der Waals surface area contributed by atoms with Crippen LogP contribution in [-0.4, -0.2) is 47.1 Å². The molecule has 0 aliphatic carbocycles. The Morgan fingerprint density at radius 3 is 2.48 bits per heavy atom. The lowest BCUT2D eigenvalue weighted by atomic mass is 10.2. The zero-order chi connectivity index (χ0) is 16.4. The predicted octanol–water partition coefficient (Wildman–Crippen LogP) is 2.86. The van der Waals surface area contributed by atoms with Gasteiger partial charge in [-0.05, 0) is 25.7 Å². The van der Waals surface area contributed by atoms with Gasteiger partial charge in [-0.15, -0.1) is 24.0 Å². The SMILES string of the molecule is CN=C(NCCS(=O)Cc1ccccc1)NCC(C)(C)SC.I. The summed E-state index contributed by atoms with van der Waals surface area (Å²) in [5.74, 6) is 1.98. The third-order valence-electron chi connectivity index (χ3n) is 3.25. The van der Waals surface area contributed by atoms with E-state index in [-0.39, 0.29) is 28.7 Å². The van der Waals surface area contributed by atoms with E-state index in [4.69, 9.17) is 0 Å². The van der Waals surface area contributed by atoms with Gasteiger partial charge in [-0.2, -0.15) is 11.8 Å². The van der Waals surface area contributed by atoms with Crippen LogP contribution >= 0.6 is 35.7 Å². The van der Waals surface area contributed by atoms with E-state index in [0.717, 1.165) is 18.1 Å². The molecule has 23 heavy (non-hydrogen) atoms. The minimum Gasteiger partial charge on any atom is -0.355 e. The highest BCUT2D eigenvalue weighted by Crippen LogP contribution is 2.19. The number of aliphatic imine (C=N–C) groups is 1. The molecule has 1 unspecified atom stereocenters. The van der Waals surface area contributed by atoms with E-state index < -0.39 is 10.8 Å². The Hall–Kier alpha value is -0.280. The molecule has 0 spiro atoms. The van der Waals surface area contributed by atoms with Crippen LogP contribution in [0.3, 0.4) is 0 Å². The number of benzene rings is 1. The molecule has 1 rings (SSSR count). The van der Waals surface area contributed by atoms with Crippen LogP contribution in [0.2, 0.25) is 0 Å². The summed E-state index contributed by atoms with van der Waals surface area (Å²) in [7, 11) is 0.891. The fourth-order valence-electron chi connectivity index (χ4n) is 1.70. The molecule has 0 bridgehead atoms. The maximum atomic E-state index is 12.1. The van der Waals surface area contributed by atoms with Gasteiger partial charge in [-0.1, -0.05) is 30.3 Å². The molecule has 0 fully saturated rings. The topological polar surface area (TPSA) is 53.5 Å². The normalized spacial score (nSPS) is 13.1. The summed E-state index contributed by atoms with van der Waals surface area (Å²) in [6, 6.07) is 9.94. The maximum Gasteiger partial charge on any atom is 0.191 e. The molecule has 1 aromatic rings. The minimum absolute atomic E-state index is 0. The standard InChI is InChI=1S/C16H27N3OS2.HI/c1-16(2,21-4)13-19-15(17-3)18-10-11-22(20)12-14-8-6-5-7-9-14;/h5-9H,10-13H2,1-4H3,(H2,17,18,19);1H. The molecule has 0 aliphatic heterocycles. The summed E-state index contributed by atoms with van der Waals surface area (Å²) < 4.78 is 12.2. The first-order valence-corrected chi connectivity index (χ1v) is 10.1. The van der Waals surface area contributed by atoms with Gasteiger partial charge >= 0.3 is 0 Å². The van der Waals surface area contributed by atoms with E-state index in [9.17, 15) is 4.21 Å². The second kappa shape index (κ2) is 12.1. The Morgan fingerprint density at radius 2 is 1.91 bits per heavy atom. The number of hydrogen-bond acceptors (Lipinski definition) is 3. The minimum atomic E-state index is -0.861. The summed E-state index contributed by atoms with van der Waals surface area (Å²) in [5, 5.41) is 6.52. The molecule has 132 valence electrons. The number of nitrogens with zero attached hydrogens (tertiary/aromatic N) is 1. The quantitative estimate of drug-likeness (QED) is 0.349. The Kier molecular flexibility index (Phi) is 12.0. The van der Waals surface area contributed by atoms with Crippen LogP contribution in [-0.2, 0) is 16.6 Å². The fraction of sp³-hybridized carbons (Fsp3) is 0.562. The fourth-order valence-corrected chi connectivity index (χ4v) is 2.96. The highest BCUT2D eigenvalue weighted by atomic mass is 127. The van der Waals surface area contributed by atoms with Crippen molar-refractivity contribution >= 4 is 52.5 Å². The summed E-state index contributed by atoms with van der Waals surface area (Å²) in [6.07, 6.45) is 2.10. The predicted molar refractivity (Wildman–Crippen MR) is 116 cm³/mol. The van der Waals surface area contributed by atoms with E-state index in [1.54, 1.807) is 7.05 Å². The molecule has 0 heterocycles. The number of guanidine groups is 1. The molecule has 0 saturated carbocycles. The molecule has 7 heteroatoms. The third kappa shape index (κ3) is 10.2. The van der Waals surface area contributed by atoms with Crippen LogP contribution in [0.15, 0.2) is 35.3 Å². The van der Waals surface area contributed by atoms with E-state index >= 15 is 0 Å². The number of nitrogens with one attached hydrogen (secondary N) is 2. The lowest BCUT2D eigenvalue weighted by Gasteiger charge is -2.23. The van der Waals surface area contributed by atoms with Gasteiger partial charge in [-0.3, -0.25) is 9.20 Å². The summed E-state index contributed by atoms with van der Waals surface area (Å²) in [4.78, 5) is 4.19. The zero-order valence-electron chi connectivity index (χ0n) is 14.3. The average Bonchev–Trinajstić information content (AvgIpc) is 2.51. The van der Waals surface area contributed by atoms with E-state index in [0.29, 0.717) is 18.1 Å². The number of thioether (sulfide) groups is 1. The highest BCUT2D eigenvalue weighted by molar-refractivity contribution is 14.0. The zero-order valence-corrected chi connectivity index (χ0v) is 18.3. The van der Waals surface area contributed by atoms with Gasteiger partial charge in [-0.25, -0.2) is 0 Å². The van der Waals surface area contributed by atoms with E-state index in [1.165, 1.54) is 0 Å². The van der Waals surface area contributed by atoms with Crippen molar-refractivity contribution in [2.75, 3.05) is 32.1 Å². The average molecular weight is 469 g/mol. The Labute approximate surface area is 164 Å². The highest BCUT2D eigenvalue weighted by Gasteiger charge is 2.16. The Morgan fingerprint density at radius 1 is 1.26 bits per heavy atom. The first-order chi connectivity index (χ1) is 10.5. The van der Waals surface area contributed by atoms with Gasteiger partial charge in [0.2, 0.25) is 0 Å². The van der Waals surface area contributed by atoms with Crippen LogP contribution in [0.5, 0.6) is 0 Å². The first kappa shape index (κ1) is 22.7. The Bertz CT molecular complexity index is 495. The second-order valence-electron chi connectivity index (χ2n) is 5.59. The molecule has 1 aromatic carbocycles. The van der Waals surface area contributed by atoms with Gasteiger partial charge in [0.25, 0.3) is 0 Å². The van der Waals surface area contributed by atoms with Crippen LogP contribution in [0, 0.1) is 0 Å². The van der Waals surface area contributed by atoms with Crippen LogP contribution in [0.25, 0.3) is 0 Å². The first-order valence-electron chi connectivity index (χ1n) is 7.35. The van der Waals surface area contributed by atoms with E-state index in [2.05, 4.69) is 35.7 Å². The molecule has 1 atom stereocenters. The molecule has 0 aliphatic rings. The van der Waals surface area contributed by atoms with Crippen molar-refractivity contribution in [2.24, 2.45) is 4.99 Å². The number of hydrogen-bond donors (Lipinski definition) is 2. The molecular weight excluding hydrogens is 441 g/mol. The van der Waals surface area contributed by atoms with Crippen molar-refractivity contribution < 1.29 is 4.21 Å². The van der Waals surface area contributed by atoms with Gasteiger partial charge in [0.15, 0.2) is 5.96 Å². The van der Waals surface area contributed by atoms with Gasteiger partial charge in [0.05, 0.1) is 0 Å². The van der Waals surface area contributed by atoms with Crippen molar-refractivity contribution in [3.8, 4) is 0 Å². The van der Waals surface area contributed by atoms with Crippen molar-refractivity contribution in [1.82, 2.24) is 10.6 Å². The van der Waals surface area contributed by atoms with Crippen molar-refractivity contribution in [3.63, 3.8) is 0 Å². The summed E-state index contributed by atoms with van der Waals surface area (Å²) in [5.41, 5.74) is 1.12. The van der Waals surface area contributed by atoms with Crippen molar-refractivity contribution in [3.05, 3.63) is 35.9 Å². The molecule has 4 nitrogen and oxygen atoms in total. The third-order valence-corrected chi connectivity index (χ3v) is 5.81.